The number of halogens is 1. The van der Waals surface area contributed by atoms with Crippen molar-refractivity contribution in [3.05, 3.63) is 34.5 Å². The van der Waals surface area contributed by atoms with Crippen LogP contribution in [0.5, 0.6) is 0 Å². The van der Waals surface area contributed by atoms with E-state index in [4.69, 9.17) is 0 Å². The first-order chi connectivity index (χ1) is 9.66. The minimum atomic E-state index is -0.981. The second-order valence-corrected chi connectivity index (χ2v) is 6.31. The predicted octanol–water partition coefficient (Wildman–Crippen LogP) is 3.63. The molecular formula is C15H16FNO2S. The molecule has 1 fully saturated rings. The molecule has 3 nitrogen and oxygen atoms in total. The summed E-state index contributed by atoms with van der Waals surface area (Å²) in [4.78, 5) is 11.6. The first-order valence-electron chi connectivity index (χ1n) is 6.80. The molecule has 1 aliphatic rings. The summed E-state index contributed by atoms with van der Waals surface area (Å²) in [5, 5.41) is 13.0. The summed E-state index contributed by atoms with van der Waals surface area (Å²) in [6, 6.07) is 4.77. The Hall–Kier alpha value is -1.46. The normalized spacial score (nSPS) is 15.4. The molecule has 5 heteroatoms. The van der Waals surface area contributed by atoms with Gasteiger partial charge in [0.25, 0.3) is 0 Å². The van der Waals surface area contributed by atoms with Gasteiger partial charge in [-0.15, -0.1) is 11.3 Å². The maximum absolute atomic E-state index is 14.0. The van der Waals surface area contributed by atoms with Crippen molar-refractivity contribution < 1.29 is 14.3 Å². The Morgan fingerprint density at radius 3 is 2.90 bits per heavy atom. The predicted molar refractivity (Wildman–Crippen MR) is 77.8 cm³/mol. The van der Waals surface area contributed by atoms with Gasteiger partial charge in [0.2, 0.25) is 0 Å². The Bertz CT molecular complexity index is 649. The van der Waals surface area contributed by atoms with E-state index in [0.717, 1.165) is 17.9 Å². The average Bonchev–Trinajstić information content (AvgIpc) is 2.73. The maximum atomic E-state index is 14.0. The fourth-order valence-electron chi connectivity index (χ4n) is 2.61. The lowest BCUT2D eigenvalue weighted by Crippen LogP contribution is -2.27. The van der Waals surface area contributed by atoms with Gasteiger partial charge in [0.15, 0.2) is 0 Å². The number of nitrogens with one attached hydrogen (secondary N) is 1. The van der Waals surface area contributed by atoms with E-state index in [1.165, 1.54) is 25.3 Å². The molecular weight excluding hydrogens is 277 g/mol. The second kappa shape index (κ2) is 5.50. The Labute approximate surface area is 120 Å². The summed E-state index contributed by atoms with van der Waals surface area (Å²) in [5.41, 5.74) is 0.579. The molecule has 106 valence electrons. The number of hydrogen-bond acceptors (Lipinski definition) is 3. The number of thiophene rings is 1. The van der Waals surface area contributed by atoms with Crippen molar-refractivity contribution >= 4 is 27.4 Å². The van der Waals surface area contributed by atoms with Crippen LogP contribution < -0.4 is 5.32 Å². The van der Waals surface area contributed by atoms with Crippen molar-refractivity contribution in [1.29, 1.82) is 0 Å². The van der Waals surface area contributed by atoms with Crippen LogP contribution in [0.2, 0.25) is 0 Å². The van der Waals surface area contributed by atoms with E-state index < -0.39 is 5.97 Å². The molecule has 0 saturated heterocycles. The highest BCUT2D eigenvalue weighted by atomic mass is 32.1. The Morgan fingerprint density at radius 2 is 2.25 bits per heavy atom. The van der Waals surface area contributed by atoms with Gasteiger partial charge >= 0.3 is 5.97 Å². The molecule has 3 rings (SSSR count). The monoisotopic (exact) mass is 293 g/mol. The molecule has 2 aromatic rings. The molecule has 0 bridgehead atoms. The van der Waals surface area contributed by atoms with Gasteiger partial charge in [0, 0.05) is 22.2 Å². The van der Waals surface area contributed by atoms with Crippen molar-refractivity contribution in [2.45, 2.75) is 25.8 Å². The summed E-state index contributed by atoms with van der Waals surface area (Å²) >= 11 is 1.15. The van der Waals surface area contributed by atoms with Crippen LogP contribution in [0, 0.1) is 11.7 Å². The van der Waals surface area contributed by atoms with E-state index in [9.17, 15) is 14.3 Å². The molecule has 1 aromatic heterocycles. The standard InChI is InChI=1S/C15H16FNO2S/c16-11-5-2-6-12-13(11)10(14(20-12)15(18)19)8-17-7-9-3-1-4-9/h2,5-6,9,17H,1,3-4,7-8H2,(H,18,19). The number of rotatable bonds is 5. The fraction of sp³-hybridized carbons (Fsp3) is 0.400. The average molecular weight is 293 g/mol. The molecule has 0 atom stereocenters. The summed E-state index contributed by atoms with van der Waals surface area (Å²) in [6.45, 7) is 1.30. The number of hydrogen-bond donors (Lipinski definition) is 2. The van der Waals surface area contributed by atoms with Crippen molar-refractivity contribution in [3.63, 3.8) is 0 Å². The van der Waals surface area contributed by atoms with Gasteiger partial charge in [-0.05, 0) is 37.4 Å². The number of fused-ring (bicyclic) bond motifs is 1. The zero-order chi connectivity index (χ0) is 14.1. The topological polar surface area (TPSA) is 49.3 Å². The lowest BCUT2D eigenvalue weighted by atomic mass is 9.85. The van der Waals surface area contributed by atoms with E-state index in [1.807, 2.05) is 0 Å². The minimum Gasteiger partial charge on any atom is -0.477 e. The highest BCUT2D eigenvalue weighted by molar-refractivity contribution is 7.21. The maximum Gasteiger partial charge on any atom is 0.346 e. The van der Waals surface area contributed by atoms with E-state index in [1.54, 1.807) is 12.1 Å². The zero-order valence-electron chi connectivity index (χ0n) is 11.0. The van der Waals surface area contributed by atoms with Crippen molar-refractivity contribution in [3.8, 4) is 0 Å². The molecule has 0 amide bonds. The molecule has 2 N–H and O–H groups in total. The van der Waals surface area contributed by atoms with Crippen LogP contribution in [-0.4, -0.2) is 17.6 Å². The van der Waals surface area contributed by atoms with Crippen LogP contribution >= 0.6 is 11.3 Å². The Kier molecular flexibility index (Phi) is 3.72. The summed E-state index contributed by atoms with van der Waals surface area (Å²) < 4.78 is 14.7. The number of carbonyl (C=O) groups is 1. The van der Waals surface area contributed by atoms with Gasteiger partial charge in [-0.3, -0.25) is 0 Å². The molecule has 1 aliphatic carbocycles. The largest absolute Gasteiger partial charge is 0.477 e. The zero-order valence-corrected chi connectivity index (χ0v) is 11.8. The van der Waals surface area contributed by atoms with Crippen LogP contribution in [0.1, 0.15) is 34.5 Å². The van der Waals surface area contributed by atoms with Crippen LogP contribution in [0.25, 0.3) is 10.1 Å². The minimum absolute atomic E-state index is 0.242. The van der Waals surface area contributed by atoms with E-state index in [2.05, 4.69) is 5.32 Å². The first kappa shape index (κ1) is 13.5. The lowest BCUT2D eigenvalue weighted by molar-refractivity contribution is 0.0701. The quantitative estimate of drug-likeness (QED) is 0.885. The third-order valence-electron chi connectivity index (χ3n) is 3.92. The van der Waals surface area contributed by atoms with Crippen LogP contribution in [0.4, 0.5) is 4.39 Å². The van der Waals surface area contributed by atoms with Crippen LogP contribution in [0.3, 0.4) is 0 Å². The lowest BCUT2D eigenvalue weighted by Gasteiger charge is -2.25. The summed E-state index contributed by atoms with van der Waals surface area (Å²) in [6.07, 6.45) is 3.75. The molecule has 20 heavy (non-hydrogen) atoms. The van der Waals surface area contributed by atoms with Crippen molar-refractivity contribution in [1.82, 2.24) is 5.32 Å². The summed E-state index contributed by atoms with van der Waals surface area (Å²) in [5.74, 6) is -0.629. The Balaban J connectivity index is 1.89. The first-order valence-corrected chi connectivity index (χ1v) is 7.62. The molecule has 0 unspecified atom stereocenters. The molecule has 1 heterocycles. The SMILES string of the molecule is O=C(O)c1sc2cccc(F)c2c1CNCC1CCC1. The fourth-order valence-corrected chi connectivity index (χ4v) is 3.68. The van der Waals surface area contributed by atoms with Crippen LogP contribution in [0.15, 0.2) is 18.2 Å². The van der Waals surface area contributed by atoms with Gasteiger partial charge in [-0.2, -0.15) is 0 Å². The third-order valence-corrected chi connectivity index (χ3v) is 5.10. The summed E-state index contributed by atoms with van der Waals surface area (Å²) in [7, 11) is 0. The highest BCUT2D eigenvalue weighted by Crippen LogP contribution is 2.33. The molecule has 1 saturated carbocycles. The van der Waals surface area contributed by atoms with Crippen LogP contribution in [-0.2, 0) is 6.54 Å². The Morgan fingerprint density at radius 1 is 1.45 bits per heavy atom. The van der Waals surface area contributed by atoms with Crippen molar-refractivity contribution in [2.75, 3.05) is 6.54 Å². The molecule has 1 aromatic carbocycles. The van der Waals surface area contributed by atoms with Gasteiger partial charge in [-0.25, -0.2) is 9.18 Å². The smallest absolute Gasteiger partial charge is 0.346 e. The van der Waals surface area contributed by atoms with Gasteiger partial charge in [0.05, 0.1) is 0 Å². The molecule has 0 aliphatic heterocycles. The molecule has 0 radical (unpaired) electrons. The number of aromatic carboxylic acids is 1. The van der Waals surface area contributed by atoms with E-state index in [0.29, 0.717) is 28.1 Å². The van der Waals surface area contributed by atoms with Crippen molar-refractivity contribution in [2.24, 2.45) is 5.92 Å². The highest BCUT2D eigenvalue weighted by Gasteiger charge is 2.21. The molecule has 0 spiro atoms. The number of benzene rings is 1. The van der Waals surface area contributed by atoms with E-state index >= 15 is 0 Å². The van der Waals surface area contributed by atoms with Gasteiger partial charge < -0.3 is 10.4 Å². The third kappa shape index (κ3) is 2.43. The van der Waals surface area contributed by atoms with Gasteiger partial charge in [-0.1, -0.05) is 12.5 Å². The van der Waals surface area contributed by atoms with E-state index in [-0.39, 0.29) is 10.7 Å². The van der Waals surface area contributed by atoms with Gasteiger partial charge in [0.1, 0.15) is 10.7 Å². The number of carboxylic acids is 1. The number of carboxylic acid groups (broad SMARTS) is 1. The second-order valence-electron chi connectivity index (χ2n) is 5.26.